The second-order valence-corrected chi connectivity index (χ2v) is 7.50. The fraction of sp³-hybridized carbons (Fsp3) is 0.105. The monoisotopic (exact) mass is 482 g/mol. The number of benzene rings is 1. The molecule has 8 nitrogen and oxygen atoms in total. The van der Waals surface area contributed by atoms with E-state index in [2.05, 4.69) is 30.9 Å². The first-order valence-electron chi connectivity index (χ1n) is 8.79. The van der Waals surface area contributed by atoms with Crippen LogP contribution in [0.15, 0.2) is 58.8 Å². The lowest BCUT2D eigenvalue weighted by Gasteiger charge is -2.12. The van der Waals surface area contributed by atoms with Crippen molar-refractivity contribution in [2.75, 3.05) is 17.7 Å². The third kappa shape index (κ3) is 6.08. The quantitative estimate of drug-likeness (QED) is 0.455. The molecule has 13 heteroatoms. The van der Waals surface area contributed by atoms with Gasteiger partial charge in [-0.3, -0.25) is 4.79 Å². The van der Waals surface area contributed by atoms with Gasteiger partial charge in [-0.25, -0.2) is 19.7 Å². The fourth-order valence-corrected chi connectivity index (χ4v) is 3.30. The van der Waals surface area contributed by atoms with Gasteiger partial charge in [-0.2, -0.15) is 13.2 Å². The summed E-state index contributed by atoms with van der Waals surface area (Å²) in [4.78, 5) is 35.9. The zero-order valence-corrected chi connectivity index (χ0v) is 17.8. The second-order valence-electron chi connectivity index (χ2n) is 6.06. The van der Waals surface area contributed by atoms with Gasteiger partial charge in [0.05, 0.1) is 22.5 Å². The molecule has 3 aromatic rings. The first kappa shape index (κ1) is 23.3. The number of anilines is 2. The van der Waals surface area contributed by atoms with Crippen molar-refractivity contribution in [2.24, 2.45) is 0 Å². The first-order valence-corrected chi connectivity index (χ1v) is 9.99. The first-order chi connectivity index (χ1) is 15.2. The molecule has 0 saturated heterocycles. The maximum Gasteiger partial charge on any atom is 0.417 e. The van der Waals surface area contributed by atoms with Crippen LogP contribution in [0.25, 0.3) is 0 Å². The van der Waals surface area contributed by atoms with Crippen LogP contribution in [0.4, 0.5) is 29.3 Å². The molecule has 3 rings (SSSR count). The van der Waals surface area contributed by atoms with Crippen molar-refractivity contribution in [1.29, 1.82) is 0 Å². The van der Waals surface area contributed by atoms with Crippen molar-refractivity contribution >= 4 is 46.7 Å². The van der Waals surface area contributed by atoms with Gasteiger partial charge in [-0.05, 0) is 48.2 Å². The molecule has 0 saturated carbocycles. The number of carbonyl (C=O) groups is 2. The average Bonchev–Trinajstić information content (AvgIpc) is 2.75. The zero-order valence-electron chi connectivity index (χ0n) is 16.2. The van der Waals surface area contributed by atoms with Crippen molar-refractivity contribution in [1.82, 2.24) is 20.3 Å². The van der Waals surface area contributed by atoms with E-state index in [0.29, 0.717) is 15.7 Å². The largest absolute Gasteiger partial charge is 0.417 e. The molecule has 0 aliphatic rings. The zero-order chi connectivity index (χ0) is 23.3. The molecule has 32 heavy (non-hydrogen) atoms. The van der Waals surface area contributed by atoms with Crippen LogP contribution in [0.1, 0.15) is 16.2 Å². The molecule has 166 valence electrons. The number of pyridine rings is 1. The maximum absolute atomic E-state index is 12.9. The third-order valence-electron chi connectivity index (χ3n) is 3.79. The molecule has 0 unspecified atom stereocenters. The van der Waals surface area contributed by atoms with Gasteiger partial charge in [0.1, 0.15) is 10.1 Å². The number of carbonyl (C=O) groups excluding carboxylic acids is 2. The molecule has 3 amide bonds. The van der Waals surface area contributed by atoms with Gasteiger partial charge in [0.25, 0.3) is 5.91 Å². The summed E-state index contributed by atoms with van der Waals surface area (Å²) in [7, 11) is 1.47. The fourth-order valence-electron chi connectivity index (χ4n) is 2.36. The molecule has 1 aromatic carbocycles. The standard InChI is InChI=1S/C19H14ClF3N6O2S/c1-24-17(30)16-25-7-6-15(29-16)32-14-5-3-11(9-26-14)28-18(31)27-10-2-4-13(20)12(8-10)19(21,22)23/h2-9H,1H3,(H,24,30)(H2,27,28,31). The number of urea groups is 1. The van der Waals surface area contributed by atoms with Crippen molar-refractivity contribution in [3.63, 3.8) is 0 Å². The highest BCUT2D eigenvalue weighted by atomic mass is 35.5. The number of nitrogens with one attached hydrogen (secondary N) is 3. The number of hydrogen-bond donors (Lipinski definition) is 3. The lowest BCUT2D eigenvalue weighted by atomic mass is 10.2. The minimum atomic E-state index is -4.65. The van der Waals surface area contributed by atoms with Gasteiger partial charge < -0.3 is 16.0 Å². The van der Waals surface area contributed by atoms with Crippen LogP contribution in [0, 0.1) is 0 Å². The Labute approximate surface area is 189 Å². The van der Waals surface area contributed by atoms with E-state index in [1.807, 2.05) is 0 Å². The van der Waals surface area contributed by atoms with Crippen molar-refractivity contribution in [3.05, 3.63) is 65.2 Å². The Morgan fingerprint density at radius 1 is 1.00 bits per heavy atom. The van der Waals surface area contributed by atoms with Crippen molar-refractivity contribution in [2.45, 2.75) is 16.2 Å². The van der Waals surface area contributed by atoms with Gasteiger partial charge in [0, 0.05) is 18.9 Å². The summed E-state index contributed by atoms with van der Waals surface area (Å²) in [5.74, 6) is -0.405. The van der Waals surface area contributed by atoms with Crippen LogP contribution in [0.5, 0.6) is 0 Å². The molecule has 2 aromatic heterocycles. The van der Waals surface area contributed by atoms with E-state index < -0.39 is 28.7 Å². The summed E-state index contributed by atoms with van der Waals surface area (Å²) in [5, 5.41) is 7.77. The Morgan fingerprint density at radius 3 is 2.38 bits per heavy atom. The van der Waals surface area contributed by atoms with Crippen LogP contribution in [-0.2, 0) is 6.18 Å². The number of halogens is 4. The minimum Gasteiger partial charge on any atom is -0.352 e. The molecule has 0 aliphatic carbocycles. The van der Waals surface area contributed by atoms with Crippen LogP contribution >= 0.6 is 23.4 Å². The Hall–Kier alpha value is -3.38. The van der Waals surface area contributed by atoms with Crippen molar-refractivity contribution in [3.8, 4) is 0 Å². The number of aromatic nitrogens is 3. The van der Waals surface area contributed by atoms with E-state index in [9.17, 15) is 22.8 Å². The van der Waals surface area contributed by atoms with Crippen LogP contribution in [0.3, 0.4) is 0 Å². The van der Waals surface area contributed by atoms with Gasteiger partial charge in [-0.15, -0.1) is 0 Å². The van der Waals surface area contributed by atoms with Crippen molar-refractivity contribution < 1.29 is 22.8 Å². The van der Waals surface area contributed by atoms with Gasteiger partial charge in [0.15, 0.2) is 0 Å². The summed E-state index contributed by atoms with van der Waals surface area (Å²) in [6.07, 6.45) is -1.83. The van der Waals surface area contributed by atoms with Crippen LogP contribution in [0.2, 0.25) is 5.02 Å². The molecule has 0 aliphatic heterocycles. The predicted octanol–water partition coefficient (Wildman–Crippen LogP) is 4.70. The van der Waals surface area contributed by atoms with E-state index in [1.54, 1.807) is 18.2 Å². The summed E-state index contributed by atoms with van der Waals surface area (Å²) in [6, 6.07) is 7.06. The van der Waals surface area contributed by atoms with E-state index in [0.717, 1.165) is 12.1 Å². The summed E-state index contributed by atoms with van der Waals surface area (Å²) in [6.45, 7) is 0. The van der Waals surface area contributed by atoms with E-state index >= 15 is 0 Å². The lowest BCUT2D eigenvalue weighted by molar-refractivity contribution is -0.137. The average molecular weight is 483 g/mol. The minimum absolute atomic E-state index is 0.0170. The number of alkyl halides is 3. The van der Waals surface area contributed by atoms with Crippen LogP contribution < -0.4 is 16.0 Å². The Bertz CT molecular complexity index is 1140. The van der Waals surface area contributed by atoms with E-state index in [-0.39, 0.29) is 11.5 Å². The number of hydrogen-bond acceptors (Lipinski definition) is 6. The SMILES string of the molecule is CNC(=O)c1nccc(Sc2ccc(NC(=O)Nc3ccc(Cl)c(C(F)(F)F)c3)cn2)n1. The maximum atomic E-state index is 12.9. The summed E-state index contributed by atoms with van der Waals surface area (Å²) in [5.41, 5.74) is -0.815. The molecule has 0 atom stereocenters. The van der Waals surface area contributed by atoms with E-state index in [4.69, 9.17) is 11.6 Å². The smallest absolute Gasteiger partial charge is 0.352 e. The predicted molar refractivity (Wildman–Crippen MR) is 113 cm³/mol. The highest BCUT2D eigenvalue weighted by Gasteiger charge is 2.33. The topological polar surface area (TPSA) is 109 Å². The molecular weight excluding hydrogens is 469 g/mol. The molecule has 0 fully saturated rings. The van der Waals surface area contributed by atoms with Gasteiger partial charge >= 0.3 is 12.2 Å². The molecule has 0 radical (unpaired) electrons. The molecule has 0 bridgehead atoms. The Morgan fingerprint density at radius 2 is 1.72 bits per heavy atom. The normalized spacial score (nSPS) is 11.0. The lowest BCUT2D eigenvalue weighted by Crippen LogP contribution is -2.20. The summed E-state index contributed by atoms with van der Waals surface area (Å²) >= 11 is 6.74. The molecule has 0 spiro atoms. The third-order valence-corrected chi connectivity index (χ3v) is 5.01. The number of nitrogens with zero attached hydrogens (tertiary/aromatic N) is 3. The molecule has 2 heterocycles. The Kier molecular flexibility index (Phi) is 7.15. The second kappa shape index (κ2) is 9.83. The van der Waals surface area contributed by atoms with Gasteiger partial charge in [-0.1, -0.05) is 11.6 Å². The van der Waals surface area contributed by atoms with Gasteiger partial charge in [0.2, 0.25) is 5.82 Å². The summed E-state index contributed by atoms with van der Waals surface area (Å²) < 4.78 is 38.8. The molecular formula is C19H14ClF3N6O2S. The van der Waals surface area contributed by atoms with E-state index in [1.165, 1.54) is 37.3 Å². The highest BCUT2D eigenvalue weighted by molar-refractivity contribution is 7.99. The highest BCUT2D eigenvalue weighted by Crippen LogP contribution is 2.36. The Balaban J connectivity index is 1.62. The number of rotatable bonds is 5. The number of amides is 3. The molecule has 3 N–H and O–H groups in total. The van der Waals surface area contributed by atoms with Crippen LogP contribution in [-0.4, -0.2) is 33.9 Å².